The summed E-state index contributed by atoms with van der Waals surface area (Å²) in [6, 6.07) is 5.34. The molecule has 0 saturated carbocycles. The molecule has 1 aliphatic rings. The van der Waals surface area contributed by atoms with Crippen LogP contribution >= 0.6 is 11.6 Å². The quantitative estimate of drug-likeness (QED) is 0.878. The molecule has 0 aliphatic carbocycles. The van der Waals surface area contributed by atoms with Crippen molar-refractivity contribution in [3.05, 3.63) is 28.8 Å². The van der Waals surface area contributed by atoms with Gasteiger partial charge in [0.15, 0.2) is 0 Å². The second kappa shape index (κ2) is 7.50. The summed E-state index contributed by atoms with van der Waals surface area (Å²) in [4.78, 5) is 12.3. The Bertz CT molecular complexity index is 459. The second-order valence-corrected chi connectivity index (χ2v) is 5.42. The Hall–Kier alpha value is -1.26. The highest BCUT2D eigenvalue weighted by atomic mass is 35.5. The van der Waals surface area contributed by atoms with Crippen LogP contribution < -0.4 is 10.6 Å². The molecule has 0 spiro atoms. The molecule has 1 aromatic rings. The van der Waals surface area contributed by atoms with E-state index in [1.165, 1.54) is 0 Å². The monoisotopic (exact) mass is 296 g/mol. The number of hydrogen-bond acceptors (Lipinski definition) is 3. The van der Waals surface area contributed by atoms with Crippen LogP contribution in [0.5, 0.6) is 0 Å². The van der Waals surface area contributed by atoms with Gasteiger partial charge in [-0.2, -0.15) is 0 Å². The van der Waals surface area contributed by atoms with Gasteiger partial charge in [0, 0.05) is 37.0 Å². The number of anilines is 1. The SMILES string of the molecule is CCNc1ccc(Cl)cc1C(=O)NCC1CCOCC1. The van der Waals surface area contributed by atoms with E-state index in [1.54, 1.807) is 12.1 Å². The Balaban J connectivity index is 1.98. The highest BCUT2D eigenvalue weighted by molar-refractivity contribution is 6.31. The molecule has 1 aromatic carbocycles. The maximum Gasteiger partial charge on any atom is 0.253 e. The molecule has 0 aromatic heterocycles. The van der Waals surface area contributed by atoms with Gasteiger partial charge in [0.1, 0.15) is 0 Å². The van der Waals surface area contributed by atoms with Gasteiger partial charge in [-0.05, 0) is 43.9 Å². The van der Waals surface area contributed by atoms with Gasteiger partial charge >= 0.3 is 0 Å². The van der Waals surface area contributed by atoms with Gasteiger partial charge in [-0.1, -0.05) is 11.6 Å². The molecule has 0 radical (unpaired) electrons. The van der Waals surface area contributed by atoms with Crippen molar-refractivity contribution in [2.45, 2.75) is 19.8 Å². The van der Waals surface area contributed by atoms with Crippen LogP contribution in [0.15, 0.2) is 18.2 Å². The zero-order valence-corrected chi connectivity index (χ0v) is 12.5. The van der Waals surface area contributed by atoms with Gasteiger partial charge in [-0.15, -0.1) is 0 Å². The van der Waals surface area contributed by atoms with E-state index in [0.717, 1.165) is 38.3 Å². The highest BCUT2D eigenvalue weighted by Gasteiger charge is 2.17. The summed E-state index contributed by atoms with van der Waals surface area (Å²) in [5, 5.41) is 6.76. The summed E-state index contributed by atoms with van der Waals surface area (Å²) in [6.45, 7) is 5.04. The number of carbonyl (C=O) groups excluding carboxylic acids is 1. The van der Waals surface area contributed by atoms with Crippen molar-refractivity contribution in [2.75, 3.05) is 31.6 Å². The summed E-state index contributed by atoms with van der Waals surface area (Å²) >= 11 is 5.99. The Labute approximate surface area is 124 Å². The predicted octanol–water partition coefficient (Wildman–Crippen LogP) is 2.93. The van der Waals surface area contributed by atoms with Crippen LogP contribution in [-0.4, -0.2) is 32.2 Å². The molecule has 0 atom stereocenters. The summed E-state index contributed by atoms with van der Waals surface area (Å²) in [6.07, 6.45) is 2.02. The lowest BCUT2D eigenvalue weighted by molar-refractivity contribution is 0.0643. The third-order valence-corrected chi connectivity index (χ3v) is 3.72. The van der Waals surface area contributed by atoms with Crippen molar-refractivity contribution < 1.29 is 9.53 Å². The zero-order valence-electron chi connectivity index (χ0n) is 11.7. The van der Waals surface area contributed by atoms with E-state index in [9.17, 15) is 4.79 Å². The fraction of sp³-hybridized carbons (Fsp3) is 0.533. The lowest BCUT2D eigenvalue weighted by atomic mass is 10.0. The van der Waals surface area contributed by atoms with Crippen LogP contribution in [0.4, 0.5) is 5.69 Å². The lowest BCUT2D eigenvalue weighted by Crippen LogP contribution is -2.32. The van der Waals surface area contributed by atoms with E-state index >= 15 is 0 Å². The van der Waals surface area contributed by atoms with Crippen LogP contribution in [0.1, 0.15) is 30.1 Å². The minimum absolute atomic E-state index is 0.0741. The summed E-state index contributed by atoms with van der Waals surface area (Å²) in [5.41, 5.74) is 1.42. The normalized spacial score (nSPS) is 15.9. The van der Waals surface area contributed by atoms with Gasteiger partial charge < -0.3 is 15.4 Å². The van der Waals surface area contributed by atoms with E-state index in [0.29, 0.717) is 23.0 Å². The average Bonchev–Trinajstić information content (AvgIpc) is 2.48. The van der Waals surface area contributed by atoms with Crippen molar-refractivity contribution in [3.63, 3.8) is 0 Å². The number of rotatable bonds is 5. The number of nitrogens with one attached hydrogen (secondary N) is 2. The fourth-order valence-corrected chi connectivity index (χ4v) is 2.50. The van der Waals surface area contributed by atoms with Gasteiger partial charge in [-0.3, -0.25) is 4.79 Å². The minimum Gasteiger partial charge on any atom is -0.385 e. The van der Waals surface area contributed by atoms with Gasteiger partial charge in [0.2, 0.25) is 0 Å². The minimum atomic E-state index is -0.0741. The van der Waals surface area contributed by atoms with Crippen LogP contribution in [0.25, 0.3) is 0 Å². The maximum absolute atomic E-state index is 12.3. The van der Waals surface area contributed by atoms with E-state index < -0.39 is 0 Å². The highest BCUT2D eigenvalue weighted by Crippen LogP contribution is 2.21. The van der Waals surface area contributed by atoms with Crippen LogP contribution in [0, 0.1) is 5.92 Å². The topological polar surface area (TPSA) is 50.4 Å². The maximum atomic E-state index is 12.3. The van der Waals surface area contributed by atoms with Crippen molar-refractivity contribution >= 4 is 23.2 Å². The van der Waals surface area contributed by atoms with E-state index in [4.69, 9.17) is 16.3 Å². The third-order valence-electron chi connectivity index (χ3n) is 3.49. The molecule has 2 rings (SSSR count). The van der Waals surface area contributed by atoms with Gasteiger partial charge in [-0.25, -0.2) is 0 Å². The molecule has 1 saturated heterocycles. The van der Waals surface area contributed by atoms with Crippen molar-refractivity contribution in [1.82, 2.24) is 5.32 Å². The summed E-state index contributed by atoms with van der Waals surface area (Å²) < 4.78 is 5.32. The summed E-state index contributed by atoms with van der Waals surface area (Å²) in [7, 11) is 0. The molecular weight excluding hydrogens is 276 g/mol. The van der Waals surface area contributed by atoms with Gasteiger partial charge in [0.05, 0.1) is 5.56 Å². The Morgan fingerprint density at radius 2 is 2.15 bits per heavy atom. The number of ether oxygens (including phenoxy) is 1. The molecule has 1 amide bonds. The average molecular weight is 297 g/mol. The Kier molecular flexibility index (Phi) is 5.68. The van der Waals surface area contributed by atoms with Crippen molar-refractivity contribution in [1.29, 1.82) is 0 Å². The molecule has 20 heavy (non-hydrogen) atoms. The molecule has 4 nitrogen and oxygen atoms in total. The molecule has 5 heteroatoms. The standard InChI is InChI=1S/C15H21ClN2O2/c1-2-17-14-4-3-12(16)9-13(14)15(19)18-10-11-5-7-20-8-6-11/h3-4,9,11,17H,2,5-8,10H2,1H3,(H,18,19). The van der Waals surface area contributed by atoms with E-state index in [-0.39, 0.29) is 5.91 Å². The largest absolute Gasteiger partial charge is 0.385 e. The molecule has 2 N–H and O–H groups in total. The third kappa shape index (κ3) is 4.12. The number of carbonyl (C=O) groups is 1. The smallest absolute Gasteiger partial charge is 0.253 e. The first-order valence-electron chi connectivity index (χ1n) is 7.10. The number of benzene rings is 1. The zero-order chi connectivity index (χ0) is 14.4. The molecule has 0 bridgehead atoms. The molecule has 1 fully saturated rings. The molecular formula is C15H21ClN2O2. The van der Waals surface area contributed by atoms with Gasteiger partial charge in [0.25, 0.3) is 5.91 Å². The van der Waals surface area contributed by atoms with Crippen molar-refractivity contribution in [2.24, 2.45) is 5.92 Å². The molecule has 0 unspecified atom stereocenters. The number of hydrogen-bond donors (Lipinski definition) is 2. The molecule has 110 valence electrons. The Morgan fingerprint density at radius 1 is 1.40 bits per heavy atom. The Morgan fingerprint density at radius 3 is 2.85 bits per heavy atom. The first kappa shape index (κ1) is 15.1. The lowest BCUT2D eigenvalue weighted by Gasteiger charge is -2.22. The summed E-state index contributed by atoms with van der Waals surface area (Å²) in [5.74, 6) is 0.435. The van der Waals surface area contributed by atoms with Crippen LogP contribution in [0.3, 0.4) is 0 Å². The van der Waals surface area contributed by atoms with E-state index in [1.807, 2.05) is 13.0 Å². The van der Waals surface area contributed by atoms with E-state index in [2.05, 4.69) is 10.6 Å². The second-order valence-electron chi connectivity index (χ2n) is 4.99. The predicted molar refractivity (Wildman–Crippen MR) is 81.5 cm³/mol. The van der Waals surface area contributed by atoms with Crippen molar-refractivity contribution in [3.8, 4) is 0 Å². The fourth-order valence-electron chi connectivity index (χ4n) is 2.33. The first-order chi connectivity index (χ1) is 9.70. The van der Waals surface area contributed by atoms with Crippen LogP contribution in [0.2, 0.25) is 5.02 Å². The number of amides is 1. The van der Waals surface area contributed by atoms with Crippen LogP contribution in [-0.2, 0) is 4.74 Å². The molecule has 1 aliphatic heterocycles. The molecule has 1 heterocycles. The number of halogens is 1. The first-order valence-corrected chi connectivity index (χ1v) is 7.48.